The number of amides is 1. The van der Waals surface area contributed by atoms with Crippen molar-refractivity contribution in [3.63, 3.8) is 0 Å². The van der Waals surface area contributed by atoms with Crippen molar-refractivity contribution in [3.8, 4) is 17.2 Å². The van der Waals surface area contributed by atoms with E-state index in [1.54, 1.807) is 38.5 Å². The van der Waals surface area contributed by atoms with Crippen LogP contribution < -0.4 is 24.4 Å². The topological polar surface area (TPSA) is 60.0 Å². The van der Waals surface area contributed by atoms with Crippen molar-refractivity contribution < 1.29 is 23.4 Å². The number of hydrogen-bond acceptors (Lipinski definition) is 5. The van der Waals surface area contributed by atoms with E-state index in [-0.39, 0.29) is 30.8 Å². The molecule has 1 atom stereocenters. The van der Waals surface area contributed by atoms with Crippen LogP contribution in [0.25, 0.3) is 0 Å². The fraction of sp³-hybridized carbons (Fsp3) is 0.269. The number of nitrogens with one attached hydrogen (secondary N) is 1. The zero-order valence-electron chi connectivity index (χ0n) is 18.9. The third kappa shape index (κ3) is 5.37. The Hall–Kier alpha value is -3.74. The zero-order valence-corrected chi connectivity index (χ0v) is 18.9. The van der Waals surface area contributed by atoms with Gasteiger partial charge in [-0.25, -0.2) is 4.39 Å². The molecule has 6 nitrogen and oxygen atoms in total. The number of rotatable bonds is 7. The molecule has 0 saturated heterocycles. The Morgan fingerprint density at radius 3 is 2.42 bits per heavy atom. The molecule has 1 amide bonds. The molecule has 1 heterocycles. The van der Waals surface area contributed by atoms with Gasteiger partial charge in [-0.1, -0.05) is 29.8 Å². The standard InChI is InChI=1S/C26H27FN2O4/c1-17-4-6-18(7-5-17)15-29-21(16-33-25-10-19(27)8-9-24(25)29)13-26(30)28-20-11-22(31-2)14-23(12-20)32-3/h4-12,14,21H,13,15-16H2,1-3H3,(H,28,30). The maximum atomic E-state index is 13.8. The highest BCUT2D eigenvalue weighted by Crippen LogP contribution is 2.36. The number of aryl methyl sites for hydroxylation is 1. The monoisotopic (exact) mass is 450 g/mol. The van der Waals surface area contributed by atoms with Gasteiger partial charge in [0.2, 0.25) is 5.91 Å². The van der Waals surface area contributed by atoms with Gasteiger partial charge in [0, 0.05) is 36.5 Å². The van der Waals surface area contributed by atoms with E-state index in [1.807, 2.05) is 6.92 Å². The summed E-state index contributed by atoms with van der Waals surface area (Å²) in [6.45, 7) is 2.89. The van der Waals surface area contributed by atoms with E-state index in [2.05, 4.69) is 34.5 Å². The minimum absolute atomic E-state index is 0.168. The highest BCUT2D eigenvalue weighted by molar-refractivity contribution is 5.92. The number of nitrogens with zero attached hydrogens (tertiary/aromatic N) is 1. The lowest BCUT2D eigenvalue weighted by molar-refractivity contribution is -0.116. The van der Waals surface area contributed by atoms with E-state index >= 15 is 0 Å². The average Bonchev–Trinajstić information content (AvgIpc) is 2.81. The van der Waals surface area contributed by atoms with E-state index in [4.69, 9.17) is 14.2 Å². The largest absolute Gasteiger partial charge is 0.497 e. The molecule has 0 aliphatic carbocycles. The molecule has 1 aliphatic rings. The highest BCUT2D eigenvalue weighted by atomic mass is 19.1. The van der Waals surface area contributed by atoms with Crippen LogP contribution in [0.1, 0.15) is 17.5 Å². The fourth-order valence-corrected chi connectivity index (χ4v) is 3.89. The number of ether oxygens (including phenoxy) is 3. The molecule has 7 heteroatoms. The van der Waals surface area contributed by atoms with Crippen molar-refractivity contribution in [2.75, 3.05) is 31.0 Å². The van der Waals surface area contributed by atoms with Crippen LogP contribution in [0.15, 0.2) is 60.7 Å². The molecule has 1 unspecified atom stereocenters. The molecule has 0 saturated carbocycles. The fourth-order valence-electron chi connectivity index (χ4n) is 3.89. The van der Waals surface area contributed by atoms with Gasteiger partial charge in [-0.05, 0) is 24.6 Å². The Labute approximate surface area is 192 Å². The third-order valence-electron chi connectivity index (χ3n) is 5.63. The third-order valence-corrected chi connectivity index (χ3v) is 5.63. The van der Waals surface area contributed by atoms with E-state index < -0.39 is 0 Å². The number of methoxy groups -OCH3 is 2. The zero-order chi connectivity index (χ0) is 23.4. The Balaban J connectivity index is 1.55. The number of carbonyl (C=O) groups excluding carboxylic acids is 1. The van der Waals surface area contributed by atoms with Gasteiger partial charge in [0.15, 0.2) is 0 Å². The minimum atomic E-state index is -0.354. The molecule has 3 aromatic rings. The van der Waals surface area contributed by atoms with Crippen LogP contribution in [0, 0.1) is 12.7 Å². The van der Waals surface area contributed by atoms with Crippen molar-refractivity contribution in [2.45, 2.75) is 25.9 Å². The van der Waals surface area contributed by atoms with Crippen molar-refractivity contribution in [1.29, 1.82) is 0 Å². The summed E-state index contributed by atoms with van der Waals surface area (Å²) < 4.78 is 30.2. The van der Waals surface area contributed by atoms with Crippen LogP contribution >= 0.6 is 0 Å². The van der Waals surface area contributed by atoms with E-state index in [1.165, 1.54) is 17.7 Å². The lowest BCUT2D eigenvalue weighted by Crippen LogP contribution is -2.44. The predicted octanol–water partition coefficient (Wildman–Crippen LogP) is 4.95. The van der Waals surface area contributed by atoms with Gasteiger partial charge in [-0.15, -0.1) is 0 Å². The van der Waals surface area contributed by atoms with Gasteiger partial charge in [0.1, 0.15) is 29.7 Å². The van der Waals surface area contributed by atoms with Crippen LogP contribution in [-0.2, 0) is 11.3 Å². The summed E-state index contributed by atoms with van der Waals surface area (Å²) in [5, 5.41) is 2.92. The van der Waals surface area contributed by atoms with Crippen molar-refractivity contribution >= 4 is 17.3 Å². The molecule has 1 aliphatic heterocycles. The normalized spacial score (nSPS) is 14.8. The summed E-state index contributed by atoms with van der Waals surface area (Å²) in [6, 6.07) is 17.7. The second-order valence-electron chi connectivity index (χ2n) is 8.04. The van der Waals surface area contributed by atoms with Gasteiger partial charge >= 0.3 is 0 Å². The maximum absolute atomic E-state index is 13.8. The summed E-state index contributed by atoms with van der Waals surface area (Å²) in [7, 11) is 3.12. The summed E-state index contributed by atoms with van der Waals surface area (Å²) >= 11 is 0. The van der Waals surface area contributed by atoms with E-state index in [9.17, 15) is 9.18 Å². The predicted molar refractivity (Wildman–Crippen MR) is 126 cm³/mol. The SMILES string of the molecule is COc1cc(NC(=O)CC2COc3cc(F)ccc3N2Cc2ccc(C)cc2)cc(OC)c1. The Morgan fingerprint density at radius 2 is 1.76 bits per heavy atom. The van der Waals surface area contributed by atoms with Crippen LogP contribution in [0.4, 0.5) is 15.8 Å². The molecule has 4 rings (SSSR count). The second-order valence-corrected chi connectivity index (χ2v) is 8.04. The molecule has 3 aromatic carbocycles. The molecule has 0 spiro atoms. The lowest BCUT2D eigenvalue weighted by atomic mass is 10.1. The van der Waals surface area contributed by atoms with Crippen LogP contribution in [0.5, 0.6) is 17.2 Å². The first-order chi connectivity index (χ1) is 15.9. The first-order valence-corrected chi connectivity index (χ1v) is 10.7. The second kappa shape index (κ2) is 9.81. The highest BCUT2D eigenvalue weighted by Gasteiger charge is 2.30. The number of fused-ring (bicyclic) bond motifs is 1. The molecule has 0 bridgehead atoms. The van der Waals surface area contributed by atoms with Crippen LogP contribution in [0.2, 0.25) is 0 Å². The smallest absolute Gasteiger partial charge is 0.226 e. The van der Waals surface area contributed by atoms with Gasteiger partial charge in [-0.3, -0.25) is 4.79 Å². The summed E-state index contributed by atoms with van der Waals surface area (Å²) in [5.74, 6) is 1.13. The van der Waals surface area contributed by atoms with Crippen molar-refractivity contribution in [3.05, 3.63) is 77.6 Å². The summed E-state index contributed by atoms with van der Waals surface area (Å²) in [5.41, 5.74) is 3.62. The number of carbonyl (C=O) groups is 1. The van der Waals surface area contributed by atoms with Gasteiger partial charge in [0.05, 0.1) is 32.4 Å². The van der Waals surface area contributed by atoms with Gasteiger partial charge in [-0.2, -0.15) is 0 Å². The van der Waals surface area contributed by atoms with Crippen molar-refractivity contribution in [1.82, 2.24) is 0 Å². The first-order valence-electron chi connectivity index (χ1n) is 10.7. The molecule has 0 aromatic heterocycles. The molecular formula is C26H27FN2O4. The average molecular weight is 451 g/mol. The van der Waals surface area contributed by atoms with Gasteiger partial charge < -0.3 is 24.4 Å². The van der Waals surface area contributed by atoms with Crippen LogP contribution in [-0.4, -0.2) is 32.8 Å². The number of anilines is 2. The molecule has 1 N–H and O–H groups in total. The number of halogens is 1. The van der Waals surface area contributed by atoms with Crippen LogP contribution in [0.3, 0.4) is 0 Å². The van der Waals surface area contributed by atoms with Gasteiger partial charge in [0.25, 0.3) is 0 Å². The summed E-state index contributed by atoms with van der Waals surface area (Å²) in [6.07, 6.45) is 0.197. The quantitative estimate of drug-likeness (QED) is 0.552. The Bertz CT molecular complexity index is 1110. The lowest BCUT2D eigenvalue weighted by Gasteiger charge is -2.38. The molecule has 0 radical (unpaired) electrons. The molecular weight excluding hydrogens is 423 g/mol. The number of benzene rings is 3. The van der Waals surface area contributed by atoms with Crippen molar-refractivity contribution in [2.24, 2.45) is 0 Å². The molecule has 172 valence electrons. The van der Waals surface area contributed by atoms with E-state index in [0.717, 1.165) is 11.3 Å². The molecule has 33 heavy (non-hydrogen) atoms. The minimum Gasteiger partial charge on any atom is -0.497 e. The number of hydrogen-bond donors (Lipinski definition) is 1. The summed E-state index contributed by atoms with van der Waals surface area (Å²) in [4.78, 5) is 15.1. The maximum Gasteiger partial charge on any atom is 0.226 e. The Morgan fingerprint density at radius 1 is 1.06 bits per heavy atom. The molecule has 0 fully saturated rings. The first kappa shape index (κ1) is 22.5. The Kier molecular flexibility index (Phi) is 6.68. The van der Waals surface area contributed by atoms with E-state index in [0.29, 0.717) is 29.5 Å².